The van der Waals surface area contributed by atoms with Crippen molar-refractivity contribution < 1.29 is 14.3 Å². The molecule has 3 heterocycles. The minimum Gasteiger partial charge on any atom is -0.457 e. The number of thioether (sulfide) groups is 1. The Morgan fingerprint density at radius 3 is 2.70 bits per heavy atom. The molecular formula is C22H18N4O3S. The molecule has 7 nitrogen and oxygen atoms in total. The second-order valence-electron chi connectivity index (χ2n) is 7.20. The molecule has 0 spiro atoms. The summed E-state index contributed by atoms with van der Waals surface area (Å²) in [6.45, 7) is 1.90. The van der Waals surface area contributed by atoms with Crippen LogP contribution in [-0.4, -0.2) is 16.9 Å². The van der Waals surface area contributed by atoms with Gasteiger partial charge in [0.2, 0.25) is 5.91 Å². The number of carbonyl (C=O) groups is 2. The van der Waals surface area contributed by atoms with Gasteiger partial charge >= 0.3 is 6.03 Å². The van der Waals surface area contributed by atoms with Crippen molar-refractivity contribution in [3.05, 3.63) is 77.5 Å². The van der Waals surface area contributed by atoms with Crippen molar-refractivity contribution in [3.8, 4) is 11.5 Å². The highest BCUT2D eigenvalue weighted by Crippen LogP contribution is 2.60. The SMILES string of the molecule is Cc1cc(Oc2ccccc2)ccc1C1(C(N)=O)Sc2nccc3c2C1NC(=O)N3. The highest BCUT2D eigenvalue weighted by molar-refractivity contribution is 8.01. The minimum absolute atomic E-state index is 0.376. The van der Waals surface area contributed by atoms with E-state index in [0.717, 1.165) is 22.4 Å². The third-order valence-corrected chi connectivity index (χ3v) is 6.87. The fourth-order valence-electron chi connectivity index (χ4n) is 4.08. The van der Waals surface area contributed by atoms with E-state index in [4.69, 9.17) is 10.5 Å². The minimum atomic E-state index is -1.21. The van der Waals surface area contributed by atoms with Crippen LogP contribution in [0.5, 0.6) is 11.5 Å². The van der Waals surface area contributed by atoms with Crippen LogP contribution >= 0.6 is 11.8 Å². The molecule has 2 aliphatic heterocycles. The molecule has 150 valence electrons. The Kier molecular flexibility index (Phi) is 4.18. The van der Waals surface area contributed by atoms with Gasteiger partial charge in [0.1, 0.15) is 21.3 Å². The molecule has 3 amide bonds. The van der Waals surface area contributed by atoms with Crippen molar-refractivity contribution in [2.45, 2.75) is 22.7 Å². The summed E-state index contributed by atoms with van der Waals surface area (Å²) in [7, 11) is 0. The highest BCUT2D eigenvalue weighted by Gasteiger charge is 2.57. The lowest BCUT2D eigenvalue weighted by Crippen LogP contribution is -2.50. The second kappa shape index (κ2) is 6.77. The lowest BCUT2D eigenvalue weighted by molar-refractivity contribution is -0.121. The number of nitrogens with two attached hydrogens (primary N) is 1. The van der Waals surface area contributed by atoms with E-state index in [-0.39, 0.29) is 6.03 Å². The molecular weight excluding hydrogens is 400 g/mol. The number of hydrogen-bond donors (Lipinski definition) is 3. The van der Waals surface area contributed by atoms with Gasteiger partial charge in [0.05, 0.1) is 11.7 Å². The molecule has 0 bridgehead atoms. The van der Waals surface area contributed by atoms with Gasteiger partial charge in [-0.15, -0.1) is 0 Å². The lowest BCUT2D eigenvalue weighted by atomic mass is 9.83. The van der Waals surface area contributed by atoms with Crippen LogP contribution in [0.1, 0.15) is 22.7 Å². The van der Waals surface area contributed by atoms with Gasteiger partial charge in [-0.1, -0.05) is 36.0 Å². The monoisotopic (exact) mass is 418 g/mol. The number of rotatable bonds is 4. The quantitative estimate of drug-likeness (QED) is 0.597. The Morgan fingerprint density at radius 1 is 1.17 bits per heavy atom. The fourth-order valence-corrected chi connectivity index (χ4v) is 5.57. The number of benzene rings is 2. The maximum atomic E-state index is 12.9. The summed E-state index contributed by atoms with van der Waals surface area (Å²) < 4.78 is 4.71. The normalized spacial score (nSPS) is 21.4. The lowest BCUT2D eigenvalue weighted by Gasteiger charge is -2.36. The number of ether oxygens (including phenoxy) is 1. The van der Waals surface area contributed by atoms with Gasteiger partial charge in [-0.3, -0.25) is 4.79 Å². The first-order chi connectivity index (χ1) is 14.5. The van der Waals surface area contributed by atoms with Gasteiger partial charge in [-0.05, 0) is 48.4 Å². The van der Waals surface area contributed by atoms with Gasteiger partial charge in [0.15, 0.2) is 0 Å². The number of pyridine rings is 1. The van der Waals surface area contributed by atoms with Crippen LogP contribution in [0.15, 0.2) is 65.8 Å². The van der Waals surface area contributed by atoms with E-state index in [1.54, 1.807) is 18.3 Å². The van der Waals surface area contributed by atoms with Gasteiger partial charge in [0.25, 0.3) is 0 Å². The van der Waals surface area contributed by atoms with E-state index in [0.29, 0.717) is 16.5 Å². The van der Waals surface area contributed by atoms with Crippen molar-refractivity contribution in [2.24, 2.45) is 5.73 Å². The van der Waals surface area contributed by atoms with Gasteiger partial charge in [-0.2, -0.15) is 0 Å². The second-order valence-corrected chi connectivity index (χ2v) is 8.44. The van der Waals surface area contributed by atoms with Crippen molar-refractivity contribution in [2.75, 3.05) is 5.32 Å². The van der Waals surface area contributed by atoms with Crippen LogP contribution in [0.4, 0.5) is 10.5 Å². The number of carbonyl (C=O) groups excluding carboxylic acids is 2. The molecule has 2 aromatic carbocycles. The average Bonchev–Trinajstić information content (AvgIpc) is 3.05. The summed E-state index contributed by atoms with van der Waals surface area (Å²) >= 11 is 1.28. The molecule has 0 saturated carbocycles. The Bertz CT molecular complexity index is 1180. The molecule has 4 N–H and O–H groups in total. The van der Waals surface area contributed by atoms with Gasteiger partial charge in [-0.25, -0.2) is 9.78 Å². The first-order valence-corrected chi connectivity index (χ1v) is 10.2. The first-order valence-electron chi connectivity index (χ1n) is 9.38. The predicted molar refractivity (Wildman–Crippen MR) is 114 cm³/mol. The van der Waals surface area contributed by atoms with Crippen LogP contribution in [0.3, 0.4) is 0 Å². The van der Waals surface area contributed by atoms with Crippen LogP contribution in [0, 0.1) is 6.92 Å². The number of aryl methyl sites for hydroxylation is 1. The Labute approximate surface area is 177 Å². The largest absolute Gasteiger partial charge is 0.457 e. The van der Waals surface area contributed by atoms with Crippen molar-refractivity contribution in [1.29, 1.82) is 0 Å². The molecule has 2 atom stereocenters. The standard InChI is InChI=1S/C22H18N4O3S/c1-12-11-14(29-13-5-3-2-4-6-13)7-8-15(12)22(20(23)27)18-17-16(25-21(28)26-18)9-10-24-19(17)30-22/h2-11,18H,1H3,(H2,23,27)(H2,25,26,28). The number of urea groups is 1. The molecule has 2 aliphatic rings. The molecule has 0 fully saturated rings. The summed E-state index contributed by atoms with van der Waals surface area (Å²) in [4.78, 5) is 29.6. The Balaban J connectivity index is 1.60. The van der Waals surface area contributed by atoms with Crippen LogP contribution < -0.4 is 21.1 Å². The molecule has 8 heteroatoms. The summed E-state index contributed by atoms with van der Waals surface area (Å²) in [5.74, 6) is 0.829. The smallest absolute Gasteiger partial charge is 0.319 e. The van der Waals surface area contributed by atoms with E-state index >= 15 is 0 Å². The number of nitrogens with zero attached hydrogens (tertiary/aromatic N) is 1. The number of primary amides is 1. The fraction of sp³-hybridized carbons (Fsp3) is 0.136. The van der Waals surface area contributed by atoms with E-state index in [2.05, 4.69) is 15.6 Å². The third-order valence-electron chi connectivity index (χ3n) is 5.37. The van der Waals surface area contributed by atoms with Crippen molar-refractivity contribution >= 4 is 29.4 Å². The topological polar surface area (TPSA) is 106 Å². The van der Waals surface area contributed by atoms with E-state index < -0.39 is 16.7 Å². The molecule has 0 aliphatic carbocycles. The Morgan fingerprint density at radius 2 is 1.97 bits per heavy atom. The van der Waals surface area contributed by atoms with Gasteiger partial charge < -0.3 is 21.1 Å². The molecule has 30 heavy (non-hydrogen) atoms. The summed E-state index contributed by atoms with van der Waals surface area (Å²) in [5.41, 5.74) is 8.95. The van der Waals surface area contributed by atoms with Crippen molar-refractivity contribution in [1.82, 2.24) is 10.3 Å². The summed E-state index contributed by atoms with van der Waals surface area (Å²) in [6.07, 6.45) is 1.62. The molecule has 1 aromatic heterocycles. The zero-order valence-corrected chi connectivity index (χ0v) is 16.8. The molecule has 2 unspecified atom stereocenters. The van der Waals surface area contributed by atoms with Gasteiger partial charge in [0, 0.05) is 11.8 Å². The number of para-hydroxylation sites is 1. The zero-order chi connectivity index (χ0) is 20.9. The number of nitrogens with one attached hydrogen (secondary N) is 2. The number of hydrogen-bond acceptors (Lipinski definition) is 5. The zero-order valence-electron chi connectivity index (χ0n) is 16.0. The summed E-state index contributed by atoms with van der Waals surface area (Å²) in [6, 6.07) is 15.7. The Hall–Kier alpha value is -3.52. The van der Waals surface area contributed by atoms with E-state index in [1.165, 1.54) is 11.8 Å². The molecule has 5 rings (SSSR count). The number of aromatic nitrogens is 1. The molecule has 3 aromatic rings. The predicted octanol–water partition coefficient (Wildman–Crippen LogP) is 3.85. The molecule has 0 radical (unpaired) electrons. The summed E-state index contributed by atoms with van der Waals surface area (Å²) in [5, 5.41) is 6.33. The van der Waals surface area contributed by atoms with Crippen LogP contribution in [0.2, 0.25) is 0 Å². The van der Waals surface area contributed by atoms with Crippen LogP contribution in [0.25, 0.3) is 0 Å². The van der Waals surface area contributed by atoms with Crippen LogP contribution in [-0.2, 0) is 9.54 Å². The first kappa shape index (κ1) is 18.5. The number of amides is 3. The third kappa shape index (κ3) is 2.72. The molecule has 0 saturated heterocycles. The van der Waals surface area contributed by atoms with E-state index in [9.17, 15) is 9.59 Å². The maximum absolute atomic E-state index is 12.9. The number of anilines is 1. The average molecular weight is 418 g/mol. The van der Waals surface area contributed by atoms with E-state index in [1.807, 2.05) is 49.4 Å². The maximum Gasteiger partial charge on any atom is 0.319 e. The highest BCUT2D eigenvalue weighted by atomic mass is 32.2. The van der Waals surface area contributed by atoms with Crippen molar-refractivity contribution in [3.63, 3.8) is 0 Å².